The van der Waals surface area contributed by atoms with E-state index in [1.54, 1.807) is 0 Å². The molecular formula is C7H16N2O4P2S. The van der Waals surface area contributed by atoms with Gasteiger partial charge in [-0.1, -0.05) is 8.93 Å². The second-order valence-corrected chi connectivity index (χ2v) is 6.95. The van der Waals surface area contributed by atoms with Gasteiger partial charge in [0.1, 0.15) is 5.54 Å². The second-order valence-electron chi connectivity index (χ2n) is 3.83. The van der Waals surface area contributed by atoms with Crippen LogP contribution in [0.5, 0.6) is 0 Å². The lowest BCUT2D eigenvalue weighted by molar-refractivity contribution is -0.140. The maximum absolute atomic E-state index is 11.6. The van der Waals surface area contributed by atoms with Gasteiger partial charge >= 0.3 is 5.97 Å². The van der Waals surface area contributed by atoms with Crippen LogP contribution in [0.25, 0.3) is 0 Å². The molecule has 1 fully saturated rings. The van der Waals surface area contributed by atoms with Crippen molar-refractivity contribution in [2.45, 2.75) is 18.4 Å². The molecule has 0 aromatic heterocycles. The van der Waals surface area contributed by atoms with Gasteiger partial charge in [-0.2, -0.15) is 0 Å². The first kappa shape index (κ1) is 14.3. The predicted octanol–water partition coefficient (Wildman–Crippen LogP) is -0.334. The van der Waals surface area contributed by atoms with E-state index >= 15 is 0 Å². The van der Waals surface area contributed by atoms with Crippen LogP contribution in [-0.2, 0) is 19.3 Å². The molecule has 1 aliphatic heterocycles. The molecule has 1 saturated heterocycles. The Bertz CT molecular complexity index is 365. The number of hydrogen-bond acceptors (Lipinski definition) is 5. The quantitative estimate of drug-likeness (QED) is 0.717. The normalized spacial score (nSPS) is 22.4. The fourth-order valence-corrected chi connectivity index (χ4v) is 3.05. The van der Waals surface area contributed by atoms with Crippen LogP contribution in [0.15, 0.2) is 0 Å². The Balaban J connectivity index is 2.63. The first-order valence-corrected chi connectivity index (χ1v) is 9.27. The lowest BCUT2D eigenvalue weighted by Gasteiger charge is -2.35. The lowest BCUT2D eigenvalue weighted by atomic mass is 9.90. The van der Waals surface area contributed by atoms with E-state index in [9.17, 15) is 13.2 Å². The number of carbonyl (C=O) groups excluding carboxylic acids is 1. The van der Waals surface area contributed by atoms with Crippen molar-refractivity contribution in [3.8, 4) is 0 Å². The SMILES string of the molecule is CS(=O)(=O)N1CCC(N)(C(=O)OPP)CC1. The molecule has 9 heteroatoms. The molecule has 2 N–H and O–H groups in total. The number of piperidine rings is 1. The van der Waals surface area contributed by atoms with Gasteiger partial charge in [-0.05, 0) is 12.8 Å². The molecule has 0 aliphatic carbocycles. The summed E-state index contributed by atoms with van der Waals surface area (Å²) in [6.07, 6.45) is 1.75. The maximum atomic E-state index is 11.6. The van der Waals surface area contributed by atoms with Crippen molar-refractivity contribution in [2.24, 2.45) is 5.73 Å². The predicted molar refractivity (Wildman–Crippen MR) is 66.7 cm³/mol. The van der Waals surface area contributed by atoms with Crippen molar-refractivity contribution in [3.05, 3.63) is 0 Å². The zero-order chi connectivity index (χ0) is 12.4. The summed E-state index contributed by atoms with van der Waals surface area (Å²) in [6, 6.07) is 0. The summed E-state index contributed by atoms with van der Waals surface area (Å²) in [5, 5.41) is 0. The Morgan fingerprint density at radius 1 is 1.50 bits per heavy atom. The average molecular weight is 286 g/mol. The van der Waals surface area contributed by atoms with Crippen LogP contribution >= 0.6 is 17.4 Å². The first-order chi connectivity index (χ1) is 7.29. The smallest absolute Gasteiger partial charge is 0.328 e. The van der Waals surface area contributed by atoms with E-state index in [0.29, 0.717) is 12.8 Å². The maximum Gasteiger partial charge on any atom is 0.328 e. The third-order valence-electron chi connectivity index (χ3n) is 2.64. The van der Waals surface area contributed by atoms with Crippen molar-refractivity contribution < 1.29 is 17.7 Å². The van der Waals surface area contributed by atoms with Crippen molar-refractivity contribution >= 4 is 33.4 Å². The molecule has 1 heterocycles. The van der Waals surface area contributed by atoms with Crippen molar-refractivity contribution in [1.29, 1.82) is 0 Å². The van der Waals surface area contributed by atoms with Crippen LogP contribution in [0.1, 0.15) is 12.8 Å². The fraction of sp³-hybridized carbons (Fsp3) is 0.857. The van der Waals surface area contributed by atoms with E-state index in [2.05, 4.69) is 8.93 Å². The summed E-state index contributed by atoms with van der Waals surface area (Å²) in [6.45, 7) is 0.537. The third kappa shape index (κ3) is 3.34. The highest BCUT2D eigenvalue weighted by Crippen LogP contribution is 2.28. The van der Waals surface area contributed by atoms with E-state index in [0.717, 1.165) is 6.26 Å². The summed E-state index contributed by atoms with van der Waals surface area (Å²) in [7, 11) is -0.904. The van der Waals surface area contributed by atoms with Gasteiger partial charge in [-0.3, -0.25) is 0 Å². The monoisotopic (exact) mass is 286 g/mol. The largest absolute Gasteiger partial charge is 0.443 e. The van der Waals surface area contributed by atoms with Crippen LogP contribution in [0.2, 0.25) is 0 Å². The highest BCUT2D eigenvalue weighted by molar-refractivity contribution is 8.00. The zero-order valence-corrected chi connectivity index (χ0v) is 11.9. The number of rotatable bonds is 3. The Kier molecular flexibility index (Phi) is 4.66. The zero-order valence-electron chi connectivity index (χ0n) is 8.97. The molecule has 0 amide bonds. The van der Waals surface area contributed by atoms with E-state index < -0.39 is 21.5 Å². The number of nitrogens with two attached hydrogens (primary N) is 1. The van der Waals surface area contributed by atoms with Gasteiger partial charge in [-0.15, -0.1) is 0 Å². The van der Waals surface area contributed by atoms with Crippen LogP contribution < -0.4 is 5.73 Å². The second kappa shape index (κ2) is 5.23. The minimum atomic E-state index is -3.19. The van der Waals surface area contributed by atoms with Gasteiger partial charge in [0.05, 0.1) is 14.8 Å². The van der Waals surface area contributed by atoms with Crippen molar-refractivity contribution in [2.75, 3.05) is 19.3 Å². The molecule has 0 aromatic rings. The topological polar surface area (TPSA) is 89.7 Å². The standard InChI is InChI=1S/C7H16N2O4P2S/c1-16(11,12)9-4-2-7(8,3-5-9)6(10)13-15-14/h15H,2-5,8,14H2,1H3. The lowest BCUT2D eigenvalue weighted by Crippen LogP contribution is -2.56. The van der Waals surface area contributed by atoms with Gasteiger partial charge in [0.2, 0.25) is 10.0 Å². The Morgan fingerprint density at radius 2 is 2.00 bits per heavy atom. The molecule has 0 saturated carbocycles. The van der Waals surface area contributed by atoms with Crippen LogP contribution in [0.4, 0.5) is 0 Å². The number of sulfonamides is 1. The summed E-state index contributed by atoms with van der Waals surface area (Å²) >= 11 is 0. The van der Waals surface area contributed by atoms with Gasteiger partial charge < -0.3 is 10.3 Å². The van der Waals surface area contributed by atoms with Crippen LogP contribution in [0, 0.1) is 0 Å². The van der Waals surface area contributed by atoms with Crippen LogP contribution in [-0.4, -0.2) is 43.6 Å². The fourth-order valence-electron chi connectivity index (χ4n) is 1.58. The number of hydrogen-bond donors (Lipinski definition) is 1. The molecular weight excluding hydrogens is 270 g/mol. The molecule has 16 heavy (non-hydrogen) atoms. The van der Waals surface area contributed by atoms with E-state index in [4.69, 9.17) is 10.3 Å². The van der Waals surface area contributed by atoms with Crippen molar-refractivity contribution in [3.63, 3.8) is 0 Å². The summed E-state index contributed by atoms with van der Waals surface area (Å²) in [5.41, 5.74) is 4.86. The van der Waals surface area contributed by atoms with E-state index in [-0.39, 0.29) is 21.6 Å². The number of carbonyl (C=O) groups is 1. The molecule has 0 radical (unpaired) electrons. The Morgan fingerprint density at radius 3 is 2.38 bits per heavy atom. The molecule has 1 rings (SSSR count). The minimum absolute atomic E-state index is 0.0186. The van der Waals surface area contributed by atoms with Gasteiger partial charge in [0, 0.05) is 13.1 Å². The molecule has 94 valence electrons. The summed E-state index contributed by atoms with van der Waals surface area (Å²) in [5.74, 6) is -0.450. The minimum Gasteiger partial charge on any atom is -0.443 e. The molecule has 1 aliphatic rings. The number of nitrogens with zero attached hydrogens (tertiary/aromatic N) is 1. The molecule has 0 aromatic carbocycles. The van der Waals surface area contributed by atoms with Gasteiger partial charge in [0.15, 0.2) is 0 Å². The van der Waals surface area contributed by atoms with Gasteiger partial charge in [0.25, 0.3) is 0 Å². The molecule has 2 unspecified atom stereocenters. The third-order valence-corrected chi connectivity index (χ3v) is 4.60. The Labute approximate surface area is 99.3 Å². The van der Waals surface area contributed by atoms with Crippen molar-refractivity contribution in [1.82, 2.24) is 4.31 Å². The first-order valence-electron chi connectivity index (χ1n) is 4.70. The summed E-state index contributed by atoms with van der Waals surface area (Å²) < 4.78 is 28.7. The molecule has 2 atom stereocenters. The van der Waals surface area contributed by atoms with Crippen LogP contribution in [0.3, 0.4) is 0 Å². The molecule has 0 bridgehead atoms. The summed E-state index contributed by atoms with van der Waals surface area (Å²) in [4.78, 5) is 11.6. The molecule has 6 nitrogen and oxygen atoms in total. The van der Waals surface area contributed by atoms with E-state index in [1.807, 2.05) is 0 Å². The highest BCUT2D eigenvalue weighted by Gasteiger charge is 2.40. The molecule has 0 spiro atoms. The Hall–Kier alpha value is 0.200. The van der Waals surface area contributed by atoms with Gasteiger partial charge in [-0.25, -0.2) is 17.5 Å². The van der Waals surface area contributed by atoms with E-state index in [1.165, 1.54) is 4.31 Å². The average Bonchev–Trinajstić information content (AvgIpc) is 2.17. The highest BCUT2D eigenvalue weighted by atomic mass is 32.2.